The first kappa shape index (κ1) is 14.0. The Hall–Kier alpha value is -1.42. The van der Waals surface area contributed by atoms with Crippen LogP contribution in [-0.4, -0.2) is 21.8 Å². The van der Waals surface area contributed by atoms with Crippen LogP contribution in [-0.2, 0) is 11.2 Å². The number of para-hydroxylation sites is 1. The maximum absolute atomic E-state index is 11.7. The Morgan fingerprint density at radius 1 is 1.32 bits per heavy atom. The third kappa shape index (κ3) is 3.53. The SMILES string of the molecule is CC(C)(Br)C(=O)NCCc1cccc2cccnc12. The summed E-state index contributed by atoms with van der Waals surface area (Å²) in [5, 5.41) is 4.05. The highest BCUT2D eigenvalue weighted by atomic mass is 79.9. The molecule has 0 radical (unpaired) electrons. The molecule has 19 heavy (non-hydrogen) atoms. The van der Waals surface area contributed by atoms with E-state index in [0.29, 0.717) is 6.54 Å². The lowest BCUT2D eigenvalue weighted by Crippen LogP contribution is -2.38. The number of nitrogens with zero attached hydrogens (tertiary/aromatic N) is 1. The second kappa shape index (κ2) is 5.70. The number of rotatable bonds is 4. The van der Waals surface area contributed by atoms with Crippen molar-refractivity contribution in [3.8, 4) is 0 Å². The van der Waals surface area contributed by atoms with Gasteiger partial charge >= 0.3 is 0 Å². The molecule has 0 aliphatic heterocycles. The molecule has 1 heterocycles. The normalized spacial score (nSPS) is 11.5. The number of pyridine rings is 1. The summed E-state index contributed by atoms with van der Waals surface area (Å²) in [6.07, 6.45) is 2.58. The van der Waals surface area contributed by atoms with E-state index in [4.69, 9.17) is 0 Å². The van der Waals surface area contributed by atoms with Crippen LogP contribution in [0.5, 0.6) is 0 Å². The van der Waals surface area contributed by atoms with Crippen molar-refractivity contribution in [3.05, 3.63) is 42.1 Å². The van der Waals surface area contributed by atoms with Crippen LogP contribution in [0.15, 0.2) is 36.5 Å². The molecule has 0 atom stereocenters. The molecule has 100 valence electrons. The van der Waals surface area contributed by atoms with Crippen LogP contribution in [0.25, 0.3) is 10.9 Å². The van der Waals surface area contributed by atoms with Crippen molar-refractivity contribution in [3.63, 3.8) is 0 Å². The number of nitrogens with one attached hydrogen (secondary N) is 1. The highest BCUT2D eigenvalue weighted by molar-refractivity contribution is 9.10. The first-order chi connectivity index (χ1) is 8.98. The molecule has 1 amide bonds. The largest absolute Gasteiger partial charge is 0.355 e. The van der Waals surface area contributed by atoms with Gasteiger partial charge in [0.15, 0.2) is 0 Å². The lowest BCUT2D eigenvalue weighted by molar-refractivity contribution is -0.122. The van der Waals surface area contributed by atoms with Crippen molar-refractivity contribution in [2.45, 2.75) is 24.6 Å². The third-order valence-corrected chi connectivity index (χ3v) is 3.30. The topological polar surface area (TPSA) is 42.0 Å². The van der Waals surface area contributed by atoms with E-state index in [1.54, 1.807) is 6.20 Å². The molecule has 1 N–H and O–H groups in total. The van der Waals surface area contributed by atoms with Crippen molar-refractivity contribution in [1.29, 1.82) is 0 Å². The molecule has 0 spiro atoms. The molecule has 0 saturated heterocycles. The predicted octanol–water partition coefficient (Wildman–Crippen LogP) is 3.07. The van der Waals surface area contributed by atoms with Gasteiger partial charge in [0.25, 0.3) is 0 Å². The fraction of sp³-hybridized carbons (Fsp3) is 0.333. The minimum Gasteiger partial charge on any atom is -0.355 e. The Bertz CT molecular complexity index is 585. The standard InChI is InChI=1S/C15H17BrN2O/c1-15(2,16)14(19)18-10-8-12-6-3-5-11-7-4-9-17-13(11)12/h3-7,9H,8,10H2,1-2H3,(H,18,19). The van der Waals surface area contributed by atoms with Crippen LogP contribution >= 0.6 is 15.9 Å². The van der Waals surface area contributed by atoms with Gasteiger partial charge in [-0.1, -0.05) is 40.2 Å². The number of aromatic nitrogens is 1. The van der Waals surface area contributed by atoms with E-state index in [1.807, 2.05) is 38.1 Å². The van der Waals surface area contributed by atoms with Gasteiger partial charge < -0.3 is 5.32 Å². The predicted molar refractivity (Wildman–Crippen MR) is 81.5 cm³/mol. The maximum Gasteiger partial charge on any atom is 0.236 e. The first-order valence-corrected chi connectivity index (χ1v) is 7.07. The molecule has 0 unspecified atom stereocenters. The molecule has 0 fully saturated rings. The smallest absolute Gasteiger partial charge is 0.236 e. The Morgan fingerprint density at radius 3 is 2.79 bits per heavy atom. The zero-order chi connectivity index (χ0) is 13.9. The van der Waals surface area contributed by atoms with Gasteiger partial charge in [0.2, 0.25) is 5.91 Å². The van der Waals surface area contributed by atoms with E-state index in [-0.39, 0.29) is 5.91 Å². The van der Waals surface area contributed by atoms with Crippen LogP contribution < -0.4 is 5.32 Å². The minimum atomic E-state index is -0.524. The second-order valence-corrected chi connectivity index (χ2v) is 6.95. The molecular formula is C15H17BrN2O. The Labute approximate surface area is 121 Å². The average Bonchev–Trinajstić information content (AvgIpc) is 2.38. The highest BCUT2D eigenvalue weighted by Crippen LogP contribution is 2.17. The zero-order valence-electron chi connectivity index (χ0n) is 11.1. The molecule has 1 aromatic heterocycles. The molecule has 2 rings (SSSR count). The monoisotopic (exact) mass is 320 g/mol. The molecule has 0 bridgehead atoms. The van der Waals surface area contributed by atoms with Crippen molar-refractivity contribution < 1.29 is 4.79 Å². The second-order valence-electron chi connectivity index (χ2n) is 4.97. The summed E-state index contributed by atoms with van der Waals surface area (Å²) in [4.78, 5) is 16.2. The minimum absolute atomic E-state index is 0.000644. The van der Waals surface area contributed by atoms with Crippen LogP contribution in [0.4, 0.5) is 0 Å². The Kier molecular flexibility index (Phi) is 4.20. The van der Waals surface area contributed by atoms with E-state index in [1.165, 1.54) is 0 Å². The zero-order valence-corrected chi connectivity index (χ0v) is 12.7. The van der Waals surface area contributed by atoms with Crippen molar-refractivity contribution in [2.75, 3.05) is 6.54 Å². The summed E-state index contributed by atoms with van der Waals surface area (Å²) in [5.41, 5.74) is 2.17. The van der Waals surface area contributed by atoms with E-state index in [9.17, 15) is 4.79 Å². The van der Waals surface area contributed by atoms with Crippen LogP contribution in [0.3, 0.4) is 0 Å². The summed E-state index contributed by atoms with van der Waals surface area (Å²) >= 11 is 3.35. The van der Waals surface area contributed by atoms with Crippen LogP contribution in [0, 0.1) is 0 Å². The Balaban J connectivity index is 2.05. The Morgan fingerprint density at radius 2 is 2.05 bits per heavy atom. The quantitative estimate of drug-likeness (QED) is 0.880. The molecule has 2 aromatic rings. The van der Waals surface area contributed by atoms with Crippen molar-refractivity contribution in [1.82, 2.24) is 10.3 Å². The number of hydrogen-bond acceptors (Lipinski definition) is 2. The number of benzene rings is 1. The molecule has 4 heteroatoms. The summed E-state index contributed by atoms with van der Waals surface area (Å²) < 4.78 is -0.524. The van der Waals surface area contributed by atoms with E-state index in [2.05, 4.69) is 32.3 Å². The van der Waals surface area contributed by atoms with E-state index >= 15 is 0 Å². The lowest BCUT2D eigenvalue weighted by atomic mass is 10.1. The summed E-state index contributed by atoms with van der Waals surface area (Å²) in [6, 6.07) is 10.1. The van der Waals surface area contributed by atoms with Gasteiger partial charge in [-0.3, -0.25) is 9.78 Å². The number of halogens is 1. The number of fused-ring (bicyclic) bond motifs is 1. The number of alkyl halides is 1. The molecule has 0 aliphatic rings. The number of hydrogen-bond donors (Lipinski definition) is 1. The third-order valence-electron chi connectivity index (χ3n) is 2.94. The van der Waals surface area contributed by atoms with E-state index < -0.39 is 4.32 Å². The van der Waals surface area contributed by atoms with Crippen LogP contribution in [0.1, 0.15) is 19.4 Å². The van der Waals surface area contributed by atoms with Gasteiger partial charge in [-0.2, -0.15) is 0 Å². The number of amides is 1. The average molecular weight is 321 g/mol. The number of carbonyl (C=O) groups is 1. The molecule has 0 saturated carbocycles. The van der Waals surface area contributed by atoms with Gasteiger partial charge in [0.05, 0.1) is 9.84 Å². The van der Waals surface area contributed by atoms with Gasteiger partial charge in [0, 0.05) is 18.1 Å². The summed E-state index contributed by atoms with van der Waals surface area (Å²) in [5.74, 6) is 0.000644. The molecule has 1 aromatic carbocycles. The van der Waals surface area contributed by atoms with Gasteiger partial charge in [-0.25, -0.2) is 0 Å². The fourth-order valence-electron chi connectivity index (χ4n) is 1.89. The van der Waals surface area contributed by atoms with Gasteiger partial charge in [-0.05, 0) is 31.9 Å². The molecule has 3 nitrogen and oxygen atoms in total. The molecular weight excluding hydrogens is 304 g/mol. The van der Waals surface area contributed by atoms with E-state index in [0.717, 1.165) is 22.9 Å². The number of carbonyl (C=O) groups excluding carboxylic acids is 1. The van der Waals surface area contributed by atoms with Crippen LogP contribution in [0.2, 0.25) is 0 Å². The van der Waals surface area contributed by atoms with Gasteiger partial charge in [-0.15, -0.1) is 0 Å². The van der Waals surface area contributed by atoms with Gasteiger partial charge in [0.1, 0.15) is 0 Å². The van der Waals surface area contributed by atoms with Crippen molar-refractivity contribution >= 4 is 32.7 Å². The summed E-state index contributed by atoms with van der Waals surface area (Å²) in [6.45, 7) is 4.28. The fourth-order valence-corrected chi connectivity index (χ4v) is 2.03. The summed E-state index contributed by atoms with van der Waals surface area (Å²) in [7, 11) is 0. The maximum atomic E-state index is 11.7. The first-order valence-electron chi connectivity index (χ1n) is 6.28. The highest BCUT2D eigenvalue weighted by Gasteiger charge is 2.22. The molecule has 0 aliphatic carbocycles. The van der Waals surface area contributed by atoms with Crippen molar-refractivity contribution in [2.24, 2.45) is 0 Å². The lowest BCUT2D eigenvalue weighted by Gasteiger charge is -2.15.